The summed E-state index contributed by atoms with van der Waals surface area (Å²) >= 11 is 0. The van der Waals surface area contributed by atoms with Crippen molar-refractivity contribution in [3.63, 3.8) is 0 Å². The van der Waals surface area contributed by atoms with Gasteiger partial charge in [0, 0.05) is 13.1 Å². The standard InChI is InChI=1S/C24H36N8O6/c25-15(12-14-6-2-1-3-7-14)20(34)31-17(13-19(26)33)21(35)30-16(8-4-10-29-24(27)28)22(36)32-11-5-9-18(32)23(37)38/h1-3,6-7,15-18H,4-5,8-13,25H2,(H2,26,33)(H,30,35)(H,31,34)(H,37,38)(H4,27,28,29). The Balaban J connectivity index is 2.15. The Hall–Kier alpha value is -4.20. The van der Waals surface area contributed by atoms with Crippen LogP contribution in [0.5, 0.6) is 0 Å². The Morgan fingerprint density at radius 2 is 1.68 bits per heavy atom. The summed E-state index contributed by atoms with van der Waals surface area (Å²) < 4.78 is 0. The number of aliphatic imine (C=N–C) groups is 1. The Morgan fingerprint density at radius 3 is 2.29 bits per heavy atom. The van der Waals surface area contributed by atoms with Gasteiger partial charge in [0.1, 0.15) is 18.1 Å². The van der Waals surface area contributed by atoms with Gasteiger partial charge in [-0.05, 0) is 37.7 Å². The first kappa shape index (κ1) is 30.0. The van der Waals surface area contributed by atoms with Crippen LogP contribution in [0.3, 0.4) is 0 Å². The van der Waals surface area contributed by atoms with E-state index in [1.807, 2.05) is 6.07 Å². The number of primary amides is 1. The minimum absolute atomic E-state index is 0.0783. The summed E-state index contributed by atoms with van der Waals surface area (Å²) in [4.78, 5) is 67.5. The van der Waals surface area contributed by atoms with Gasteiger partial charge in [0.15, 0.2) is 5.96 Å². The highest BCUT2D eigenvalue weighted by Gasteiger charge is 2.38. The molecule has 1 aromatic carbocycles. The zero-order valence-corrected chi connectivity index (χ0v) is 21.0. The largest absolute Gasteiger partial charge is 0.480 e. The number of nitrogens with zero attached hydrogens (tertiary/aromatic N) is 2. The molecule has 1 aromatic rings. The molecule has 1 aliphatic heterocycles. The van der Waals surface area contributed by atoms with E-state index in [2.05, 4.69) is 15.6 Å². The number of guanidine groups is 1. The average Bonchev–Trinajstić information content (AvgIpc) is 3.35. The summed E-state index contributed by atoms with van der Waals surface area (Å²) in [7, 11) is 0. The smallest absolute Gasteiger partial charge is 0.326 e. The van der Waals surface area contributed by atoms with Gasteiger partial charge in [0.2, 0.25) is 23.6 Å². The first-order valence-electron chi connectivity index (χ1n) is 12.3. The highest BCUT2D eigenvalue weighted by molar-refractivity contribution is 5.96. The van der Waals surface area contributed by atoms with E-state index in [1.165, 1.54) is 4.90 Å². The molecule has 208 valence electrons. The maximum atomic E-state index is 13.3. The summed E-state index contributed by atoms with van der Waals surface area (Å²) in [5.74, 6) is -4.26. The van der Waals surface area contributed by atoms with E-state index in [0.29, 0.717) is 6.42 Å². The molecule has 2 rings (SSSR count). The minimum atomic E-state index is -1.40. The molecule has 11 N–H and O–H groups in total. The van der Waals surface area contributed by atoms with Gasteiger partial charge in [-0.1, -0.05) is 30.3 Å². The molecule has 38 heavy (non-hydrogen) atoms. The van der Waals surface area contributed by atoms with Crippen LogP contribution in [0.15, 0.2) is 35.3 Å². The van der Waals surface area contributed by atoms with Gasteiger partial charge >= 0.3 is 5.97 Å². The van der Waals surface area contributed by atoms with Gasteiger partial charge in [-0.3, -0.25) is 24.2 Å². The normalized spacial score (nSPS) is 17.1. The molecule has 0 saturated carbocycles. The fraction of sp³-hybridized carbons (Fsp3) is 0.500. The Morgan fingerprint density at radius 1 is 1.03 bits per heavy atom. The number of carboxylic acids is 1. The van der Waals surface area contributed by atoms with Gasteiger partial charge < -0.3 is 43.6 Å². The molecule has 4 amide bonds. The number of aliphatic carboxylic acids is 1. The number of nitrogens with two attached hydrogens (primary N) is 4. The van der Waals surface area contributed by atoms with Gasteiger partial charge in [-0.15, -0.1) is 0 Å². The number of rotatable bonds is 14. The number of carbonyl (C=O) groups excluding carboxylic acids is 4. The summed E-state index contributed by atoms with van der Waals surface area (Å²) in [6.45, 7) is 0.381. The third-order valence-electron chi connectivity index (χ3n) is 6.05. The number of hydrogen-bond donors (Lipinski definition) is 7. The molecule has 1 aliphatic rings. The van der Waals surface area contributed by atoms with E-state index in [9.17, 15) is 29.1 Å². The number of hydrogen-bond acceptors (Lipinski definition) is 7. The maximum absolute atomic E-state index is 13.3. The molecular formula is C24H36N8O6. The predicted molar refractivity (Wildman–Crippen MR) is 138 cm³/mol. The van der Waals surface area contributed by atoms with Crippen LogP contribution in [0.2, 0.25) is 0 Å². The SMILES string of the molecule is NC(=O)CC(NC(=O)C(N)Cc1ccccc1)C(=O)NC(CCCN=C(N)N)C(=O)N1CCCC1C(=O)O. The average molecular weight is 533 g/mol. The molecular weight excluding hydrogens is 496 g/mol. The highest BCUT2D eigenvalue weighted by atomic mass is 16.4. The lowest BCUT2D eigenvalue weighted by Gasteiger charge is -2.28. The van der Waals surface area contributed by atoms with Gasteiger partial charge in [-0.2, -0.15) is 0 Å². The van der Waals surface area contributed by atoms with Gasteiger partial charge in [-0.25, -0.2) is 4.79 Å². The monoisotopic (exact) mass is 532 g/mol. The van der Waals surface area contributed by atoms with Crippen molar-refractivity contribution in [2.24, 2.45) is 27.9 Å². The van der Waals surface area contributed by atoms with Crippen LogP contribution in [-0.2, 0) is 30.4 Å². The van der Waals surface area contributed by atoms with Crippen molar-refractivity contribution in [2.75, 3.05) is 13.1 Å². The predicted octanol–water partition coefficient (Wildman–Crippen LogP) is -2.47. The molecule has 1 saturated heterocycles. The number of carboxylic acid groups (broad SMARTS) is 1. The van der Waals surface area contributed by atoms with Crippen LogP contribution in [-0.4, -0.2) is 82.8 Å². The number of likely N-dealkylation sites (tertiary alicyclic amines) is 1. The molecule has 0 radical (unpaired) electrons. The van der Waals surface area contributed by atoms with Crippen molar-refractivity contribution in [3.05, 3.63) is 35.9 Å². The summed E-state index contributed by atoms with van der Waals surface area (Å²) in [6, 6.07) is 4.41. The summed E-state index contributed by atoms with van der Waals surface area (Å²) in [5, 5.41) is 14.5. The van der Waals surface area contributed by atoms with Crippen molar-refractivity contribution in [1.29, 1.82) is 0 Å². The molecule has 14 heteroatoms. The van der Waals surface area contributed by atoms with Crippen molar-refractivity contribution >= 4 is 35.6 Å². The number of benzene rings is 1. The molecule has 14 nitrogen and oxygen atoms in total. The first-order chi connectivity index (χ1) is 18.0. The topological polar surface area (TPSA) is 249 Å². The lowest BCUT2D eigenvalue weighted by atomic mass is 10.0. The third-order valence-corrected chi connectivity index (χ3v) is 6.05. The van der Waals surface area contributed by atoms with Crippen molar-refractivity contribution in [2.45, 2.75) is 62.7 Å². The second-order valence-corrected chi connectivity index (χ2v) is 9.07. The van der Waals surface area contributed by atoms with Gasteiger partial charge in [0.05, 0.1) is 12.5 Å². The number of nitrogens with one attached hydrogen (secondary N) is 2. The van der Waals surface area contributed by atoms with E-state index < -0.39 is 60.2 Å². The van der Waals surface area contributed by atoms with Crippen molar-refractivity contribution in [1.82, 2.24) is 15.5 Å². The lowest BCUT2D eigenvalue weighted by Crippen LogP contribution is -2.58. The van der Waals surface area contributed by atoms with E-state index in [-0.39, 0.29) is 44.7 Å². The van der Waals surface area contributed by atoms with Crippen LogP contribution in [0, 0.1) is 0 Å². The van der Waals surface area contributed by atoms with Crippen LogP contribution in [0.4, 0.5) is 0 Å². The fourth-order valence-electron chi connectivity index (χ4n) is 4.17. The Labute approximate surface area is 220 Å². The number of amides is 4. The molecule has 0 spiro atoms. The maximum Gasteiger partial charge on any atom is 0.326 e. The third kappa shape index (κ3) is 9.35. The zero-order chi connectivity index (χ0) is 28.2. The van der Waals surface area contributed by atoms with E-state index >= 15 is 0 Å². The summed E-state index contributed by atoms with van der Waals surface area (Å²) in [6.07, 6.45) is 0.803. The molecule has 0 aliphatic carbocycles. The molecule has 1 heterocycles. The highest BCUT2D eigenvalue weighted by Crippen LogP contribution is 2.20. The zero-order valence-electron chi connectivity index (χ0n) is 21.0. The van der Waals surface area contributed by atoms with Crippen LogP contribution < -0.4 is 33.6 Å². The second-order valence-electron chi connectivity index (χ2n) is 9.07. The van der Waals surface area contributed by atoms with E-state index in [0.717, 1.165) is 5.56 Å². The Bertz CT molecular complexity index is 1030. The number of carbonyl (C=O) groups is 5. The van der Waals surface area contributed by atoms with Crippen LogP contribution >= 0.6 is 0 Å². The molecule has 4 atom stereocenters. The fourth-order valence-corrected chi connectivity index (χ4v) is 4.17. The van der Waals surface area contributed by atoms with Gasteiger partial charge in [0.25, 0.3) is 0 Å². The van der Waals surface area contributed by atoms with E-state index in [1.54, 1.807) is 24.3 Å². The van der Waals surface area contributed by atoms with E-state index in [4.69, 9.17) is 22.9 Å². The van der Waals surface area contributed by atoms with Crippen molar-refractivity contribution in [3.8, 4) is 0 Å². The van der Waals surface area contributed by atoms with Crippen LogP contribution in [0.1, 0.15) is 37.7 Å². The molecule has 1 fully saturated rings. The second kappa shape index (κ2) is 14.5. The molecule has 0 aromatic heterocycles. The summed E-state index contributed by atoms with van der Waals surface area (Å²) in [5.41, 5.74) is 22.8. The van der Waals surface area contributed by atoms with Crippen LogP contribution in [0.25, 0.3) is 0 Å². The first-order valence-corrected chi connectivity index (χ1v) is 12.3. The molecule has 0 bridgehead atoms. The lowest BCUT2D eigenvalue weighted by molar-refractivity contribution is -0.149. The quantitative estimate of drug-likeness (QED) is 0.0760. The van der Waals surface area contributed by atoms with Crippen molar-refractivity contribution < 1.29 is 29.1 Å². The minimum Gasteiger partial charge on any atom is -0.480 e. The molecule has 4 unspecified atom stereocenters. The Kier molecular flexibility index (Phi) is 11.5.